The lowest BCUT2D eigenvalue weighted by Gasteiger charge is -2.12. The molecule has 1 amide bonds. The van der Waals surface area contributed by atoms with E-state index in [9.17, 15) is 4.79 Å². The molecule has 4 heterocycles. The quantitative estimate of drug-likeness (QED) is 0.411. The summed E-state index contributed by atoms with van der Waals surface area (Å²) in [6.07, 6.45) is 8.23. The molecule has 0 fully saturated rings. The van der Waals surface area contributed by atoms with E-state index >= 15 is 0 Å². The van der Waals surface area contributed by atoms with Gasteiger partial charge in [-0.25, -0.2) is 19.9 Å². The van der Waals surface area contributed by atoms with E-state index in [0.29, 0.717) is 11.4 Å². The number of fused-ring (bicyclic) bond motifs is 1. The van der Waals surface area contributed by atoms with E-state index in [1.807, 2.05) is 48.0 Å². The number of carbonyl (C=O) groups excluding carboxylic acids is 1. The molecule has 0 radical (unpaired) electrons. The fourth-order valence-corrected chi connectivity index (χ4v) is 3.57. The SMILES string of the molecule is CCn1ccnc1CNC(=O)c1nc(-c2ccc3ncccc3c2)c(-c2ncco2)nc1N. The fourth-order valence-electron chi connectivity index (χ4n) is 3.57. The molecule has 3 N–H and O–H groups in total. The number of amides is 1. The van der Waals surface area contributed by atoms with Gasteiger partial charge in [0.1, 0.15) is 17.8 Å². The van der Waals surface area contributed by atoms with Crippen molar-refractivity contribution >= 4 is 22.6 Å². The zero-order valence-corrected chi connectivity index (χ0v) is 17.8. The van der Waals surface area contributed by atoms with Crippen molar-refractivity contribution in [2.24, 2.45) is 0 Å². The Labute approximate surface area is 188 Å². The molecular formula is C23H20N8O2. The van der Waals surface area contributed by atoms with Crippen LogP contribution in [-0.4, -0.2) is 35.4 Å². The molecule has 10 nitrogen and oxygen atoms in total. The standard InChI is InChI=1S/C23H20N8O2/c1-2-31-10-8-26-17(31)13-28-22(32)20-21(24)30-19(23-27-9-11-33-23)18(29-20)15-5-6-16-14(12-15)4-3-7-25-16/h3-12H,2,13H2,1H3,(H2,24,30)(H,28,32). The molecule has 0 spiro atoms. The summed E-state index contributed by atoms with van der Waals surface area (Å²) in [5.41, 5.74) is 8.49. The number of imidazole rings is 1. The first kappa shape index (κ1) is 20.3. The number of benzene rings is 1. The van der Waals surface area contributed by atoms with E-state index in [0.717, 1.165) is 28.8 Å². The number of aryl methyl sites for hydroxylation is 1. The maximum atomic E-state index is 13.0. The van der Waals surface area contributed by atoms with Crippen molar-refractivity contribution in [2.75, 3.05) is 5.73 Å². The summed E-state index contributed by atoms with van der Waals surface area (Å²) >= 11 is 0. The van der Waals surface area contributed by atoms with E-state index in [4.69, 9.17) is 10.2 Å². The van der Waals surface area contributed by atoms with Gasteiger partial charge in [0.25, 0.3) is 5.91 Å². The number of nitrogens with two attached hydrogens (primary N) is 1. The molecule has 0 atom stereocenters. The molecule has 0 aliphatic heterocycles. The second-order valence-electron chi connectivity index (χ2n) is 7.21. The third-order valence-electron chi connectivity index (χ3n) is 5.20. The van der Waals surface area contributed by atoms with Crippen LogP contribution in [0.4, 0.5) is 5.82 Å². The molecule has 164 valence electrons. The number of hydrogen-bond donors (Lipinski definition) is 2. The summed E-state index contributed by atoms with van der Waals surface area (Å²) in [6, 6.07) is 9.47. The number of oxazole rings is 1. The third-order valence-corrected chi connectivity index (χ3v) is 5.20. The number of aromatic nitrogens is 6. The van der Waals surface area contributed by atoms with Crippen LogP contribution in [0.3, 0.4) is 0 Å². The van der Waals surface area contributed by atoms with Crippen LogP contribution in [0.1, 0.15) is 23.2 Å². The van der Waals surface area contributed by atoms with Gasteiger partial charge in [-0.2, -0.15) is 0 Å². The summed E-state index contributed by atoms with van der Waals surface area (Å²) in [7, 11) is 0. The molecule has 0 bridgehead atoms. The van der Waals surface area contributed by atoms with Gasteiger partial charge in [0.2, 0.25) is 5.89 Å². The molecule has 0 unspecified atom stereocenters. The predicted molar refractivity (Wildman–Crippen MR) is 122 cm³/mol. The van der Waals surface area contributed by atoms with Gasteiger partial charge in [-0.3, -0.25) is 9.78 Å². The summed E-state index contributed by atoms with van der Waals surface area (Å²) in [4.78, 5) is 34.8. The van der Waals surface area contributed by atoms with Crippen molar-refractivity contribution < 1.29 is 9.21 Å². The number of nitrogen functional groups attached to an aromatic ring is 1. The minimum absolute atomic E-state index is 0.0150. The smallest absolute Gasteiger partial charge is 0.274 e. The lowest BCUT2D eigenvalue weighted by molar-refractivity contribution is 0.0945. The summed E-state index contributed by atoms with van der Waals surface area (Å²) < 4.78 is 7.39. The lowest BCUT2D eigenvalue weighted by atomic mass is 10.1. The van der Waals surface area contributed by atoms with Crippen LogP contribution in [0.5, 0.6) is 0 Å². The van der Waals surface area contributed by atoms with E-state index in [1.165, 1.54) is 12.5 Å². The van der Waals surface area contributed by atoms with Gasteiger partial charge < -0.3 is 20.0 Å². The zero-order valence-electron chi connectivity index (χ0n) is 17.8. The molecule has 0 saturated carbocycles. The Hall–Kier alpha value is -4.60. The number of nitrogens with one attached hydrogen (secondary N) is 1. The second-order valence-corrected chi connectivity index (χ2v) is 7.21. The number of anilines is 1. The van der Waals surface area contributed by atoms with Gasteiger partial charge in [-0.1, -0.05) is 12.1 Å². The topological polar surface area (TPSA) is 138 Å². The summed E-state index contributed by atoms with van der Waals surface area (Å²) in [6.45, 7) is 2.99. The molecule has 33 heavy (non-hydrogen) atoms. The average Bonchev–Trinajstić information content (AvgIpc) is 3.54. The third kappa shape index (κ3) is 3.89. The van der Waals surface area contributed by atoms with E-state index < -0.39 is 5.91 Å². The minimum Gasteiger partial charge on any atom is -0.443 e. The first-order chi connectivity index (χ1) is 16.1. The first-order valence-electron chi connectivity index (χ1n) is 10.3. The van der Waals surface area contributed by atoms with Crippen molar-refractivity contribution in [3.05, 3.63) is 72.9 Å². The van der Waals surface area contributed by atoms with Crippen molar-refractivity contribution in [1.82, 2.24) is 34.8 Å². The molecule has 0 saturated heterocycles. The van der Waals surface area contributed by atoms with Crippen LogP contribution < -0.4 is 11.1 Å². The second kappa shape index (κ2) is 8.50. The normalized spacial score (nSPS) is 11.1. The Balaban J connectivity index is 1.56. The Kier molecular flexibility index (Phi) is 5.23. The van der Waals surface area contributed by atoms with Gasteiger partial charge in [-0.05, 0) is 25.1 Å². The largest absolute Gasteiger partial charge is 0.443 e. The number of hydrogen-bond acceptors (Lipinski definition) is 8. The maximum absolute atomic E-state index is 13.0. The Morgan fingerprint density at radius 1 is 1.09 bits per heavy atom. The van der Waals surface area contributed by atoms with Crippen LogP contribution in [0.25, 0.3) is 33.7 Å². The predicted octanol–water partition coefficient (Wildman–Crippen LogP) is 3.08. The minimum atomic E-state index is -0.451. The number of nitrogens with zero attached hydrogens (tertiary/aromatic N) is 6. The Morgan fingerprint density at radius 3 is 2.82 bits per heavy atom. The molecule has 5 aromatic rings. The van der Waals surface area contributed by atoms with Gasteiger partial charge in [0, 0.05) is 36.1 Å². The van der Waals surface area contributed by atoms with Gasteiger partial charge in [0.05, 0.1) is 18.3 Å². The molecule has 0 aliphatic carbocycles. The summed E-state index contributed by atoms with van der Waals surface area (Å²) in [5, 5.41) is 3.75. The van der Waals surface area contributed by atoms with Crippen LogP contribution in [-0.2, 0) is 13.1 Å². The summed E-state index contributed by atoms with van der Waals surface area (Å²) in [5.74, 6) is 0.516. The Morgan fingerprint density at radius 2 is 2.00 bits per heavy atom. The van der Waals surface area contributed by atoms with Gasteiger partial charge in [0.15, 0.2) is 17.2 Å². The number of carbonyl (C=O) groups is 1. The molecule has 0 aliphatic rings. The average molecular weight is 440 g/mol. The molecule has 10 heteroatoms. The van der Waals surface area contributed by atoms with Crippen molar-refractivity contribution in [3.63, 3.8) is 0 Å². The van der Waals surface area contributed by atoms with Crippen molar-refractivity contribution in [1.29, 1.82) is 0 Å². The van der Waals surface area contributed by atoms with Crippen LogP contribution in [0, 0.1) is 0 Å². The van der Waals surface area contributed by atoms with Crippen molar-refractivity contribution in [3.8, 4) is 22.8 Å². The fraction of sp³-hybridized carbons (Fsp3) is 0.130. The molecule has 5 rings (SSSR count). The highest BCUT2D eigenvalue weighted by Gasteiger charge is 2.22. The maximum Gasteiger partial charge on any atom is 0.274 e. The zero-order chi connectivity index (χ0) is 22.8. The molecule has 4 aromatic heterocycles. The van der Waals surface area contributed by atoms with E-state index in [1.54, 1.807) is 12.4 Å². The van der Waals surface area contributed by atoms with Crippen LogP contribution in [0.2, 0.25) is 0 Å². The van der Waals surface area contributed by atoms with Crippen LogP contribution in [0.15, 0.2) is 65.8 Å². The van der Waals surface area contributed by atoms with Crippen LogP contribution >= 0.6 is 0 Å². The van der Waals surface area contributed by atoms with Gasteiger partial charge >= 0.3 is 0 Å². The van der Waals surface area contributed by atoms with Crippen molar-refractivity contribution in [2.45, 2.75) is 20.0 Å². The Bertz CT molecular complexity index is 1440. The molecular weight excluding hydrogens is 420 g/mol. The number of pyridine rings is 1. The van der Waals surface area contributed by atoms with E-state index in [2.05, 4.69) is 30.2 Å². The lowest BCUT2D eigenvalue weighted by Crippen LogP contribution is -2.27. The van der Waals surface area contributed by atoms with E-state index in [-0.39, 0.29) is 23.9 Å². The first-order valence-corrected chi connectivity index (χ1v) is 10.3. The number of rotatable bonds is 6. The van der Waals surface area contributed by atoms with Gasteiger partial charge in [-0.15, -0.1) is 0 Å². The molecule has 1 aromatic carbocycles. The highest BCUT2D eigenvalue weighted by atomic mass is 16.3. The monoisotopic (exact) mass is 440 g/mol. The highest BCUT2D eigenvalue weighted by molar-refractivity contribution is 5.98. The highest BCUT2D eigenvalue weighted by Crippen LogP contribution is 2.31.